The summed E-state index contributed by atoms with van der Waals surface area (Å²) in [6.07, 6.45) is -3.10. The molecule has 10 nitrogen and oxygen atoms in total. The molecule has 0 aliphatic carbocycles. The minimum Gasteiger partial charge on any atom is -0.394 e. The number of aromatic nitrogens is 3. The fraction of sp³-hybridized carbons (Fsp3) is 0.400. The highest BCUT2D eigenvalue weighted by molar-refractivity contribution is 7.18. The van der Waals surface area contributed by atoms with Crippen molar-refractivity contribution in [2.45, 2.75) is 44.0 Å². The lowest BCUT2D eigenvalue weighted by Gasteiger charge is -2.39. The van der Waals surface area contributed by atoms with E-state index in [4.69, 9.17) is 4.74 Å². The van der Waals surface area contributed by atoms with Crippen molar-refractivity contribution in [2.75, 3.05) is 6.61 Å². The predicted molar refractivity (Wildman–Crippen MR) is 110 cm³/mol. The molecule has 31 heavy (non-hydrogen) atoms. The van der Waals surface area contributed by atoms with Crippen LogP contribution < -0.4 is 5.32 Å². The molecule has 11 heteroatoms. The van der Waals surface area contributed by atoms with E-state index in [1.54, 1.807) is 30.6 Å². The Morgan fingerprint density at radius 1 is 1.16 bits per heavy atom. The van der Waals surface area contributed by atoms with Crippen molar-refractivity contribution in [1.82, 2.24) is 20.3 Å². The quantitative estimate of drug-likeness (QED) is 0.359. The van der Waals surface area contributed by atoms with Crippen molar-refractivity contribution in [1.29, 1.82) is 0 Å². The Balaban J connectivity index is 1.51. The van der Waals surface area contributed by atoms with Gasteiger partial charge in [0.1, 0.15) is 35.5 Å². The summed E-state index contributed by atoms with van der Waals surface area (Å²) in [5.41, 5.74) is 2.36. The molecule has 4 rings (SSSR count). The average molecular weight is 446 g/mol. The highest BCUT2D eigenvalue weighted by Gasteiger charge is 2.45. The maximum absolute atomic E-state index is 12.5. The number of aliphatic hydroxyl groups excluding tert-OH is 4. The molecule has 1 aromatic carbocycles. The maximum atomic E-state index is 12.5. The lowest BCUT2D eigenvalue weighted by molar-refractivity contribution is -0.231. The maximum Gasteiger partial charge on any atom is 0.251 e. The fourth-order valence-electron chi connectivity index (χ4n) is 3.30. The Bertz CT molecular complexity index is 1070. The van der Waals surface area contributed by atoms with Gasteiger partial charge in [-0.15, -0.1) is 11.3 Å². The van der Waals surface area contributed by atoms with Gasteiger partial charge in [-0.05, 0) is 25.1 Å². The summed E-state index contributed by atoms with van der Waals surface area (Å²) in [4.78, 5) is 25.3. The molecule has 5 atom stereocenters. The van der Waals surface area contributed by atoms with E-state index in [2.05, 4.69) is 20.3 Å². The van der Waals surface area contributed by atoms with E-state index in [1.807, 2.05) is 6.92 Å². The number of nitrogens with one attached hydrogen (secondary N) is 1. The molecule has 1 fully saturated rings. The Morgan fingerprint density at radius 3 is 2.68 bits per heavy atom. The van der Waals surface area contributed by atoms with Gasteiger partial charge in [-0.25, -0.2) is 4.98 Å². The van der Waals surface area contributed by atoms with E-state index in [0.29, 0.717) is 21.8 Å². The van der Waals surface area contributed by atoms with Gasteiger partial charge in [-0.3, -0.25) is 14.8 Å². The Hall–Kier alpha value is -2.54. The second-order valence-electron chi connectivity index (χ2n) is 7.32. The molecule has 1 amide bonds. The van der Waals surface area contributed by atoms with Crippen LogP contribution in [0.4, 0.5) is 0 Å². The van der Waals surface area contributed by atoms with Gasteiger partial charge in [0, 0.05) is 11.8 Å². The molecule has 0 unspecified atom stereocenters. The fourth-order valence-corrected chi connectivity index (χ4v) is 4.32. The molecule has 0 radical (unpaired) electrons. The van der Waals surface area contributed by atoms with Gasteiger partial charge in [-0.1, -0.05) is 0 Å². The number of amides is 1. The number of fused-ring (bicyclic) bond motifs is 1. The number of nitrogens with zero attached hydrogens (tertiary/aromatic N) is 3. The lowest BCUT2D eigenvalue weighted by Crippen LogP contribution is -2.55. The van der Waals surface area contributed by atoms with Crippen molar-refractivity contribution < 1.29 is 30.0 Å². The van der Waals surface area contributed by atoms with Crippen LogP contribution >= 0.6 is 11.3 Å². The van der Waals surface area contributed by atoms with Crippen molar-refractivity contribution in [3.05, 3.63) is 52.6 Å². The standard InChI is InChI=1S/C20H22N4O6S/c1-9-5-22-11(6-21-9)7-23-19(29)10-2-3-14-12(4-10)24-20(31-14)18-17(28)16(27)15(26)13(8-25)30-18/h2-6,13,15-18,25-28H,7-8H2,1H3,(H,23,29)/t13-,15+,16+,17-,18-/m1/s1. The summed E-state index contributed by atoms with van der Waals surface area (Å²) in [5.74, 6) is -0.299. The van der Waals surface area contributed by atoms with Crippen LogP contribution in [0.5, 0.6) is 0 Å². The van der Waals surface area contributed by atoms with Gasteiger partial charge < -0.3 is 30.5 Å². The first-order chi connectivity index (χ1) is 14.9. The number of aliphatic hydroxyl groups is 4. The van der Waals surface area contributed by atoms with Crippen LogP contribution in [-0.2, 0) is 11.3 Å². The molecule has 164 valence electrons. The van der Waals surface area contributed by atoms with Crippen LogP contribution in [0.3, 0.4) is 0 Å². The summed E-state index contributed by atoms with van der Waals surface area (Å²) >= 11 is 1.23. The number of carbonyl (C=O) groups excluding carboxylic acids is 1. The summed E-state index contributed by atoms with van der Waals surface area (Å²) in [6.45, 7) is 1.55. The topological polar surface area (TPSA) is 158 Å². The second kappa shape index (κ2) is 8.91. The number of thiazole rings is 1. The van der Waals surface area contributed by atoms with Crippen LogP contribution in [0, 0.1) is 6.92 Å². The summed E-state index contributed by atoms with van der Waals surface area (Å²) < 4.78 is 6.32. The third-order valence-corrected chi connectivity index (χ3v) is 6.16. The molecule has 0 bridgehead atoms. The van der Waals surface area contributed by atoms with Crippen LogP contribution in [-0.4, -0.2) is 72.3 Å². The van der Waals surface area contributed by atoms with Gasteiger partial charge >= 0.3 is 0 Å². The number of rotatable bonds is 5. The third kappa shape index (κ3) is 4.42. The zero-order chi connectivity index (χ0) is 22.1. The summed E-state index contributed by atoms with van der Waals surface area (Å²) in [6, 6.07) is 5.02. The third-order valence-electron chi connectivity index (χ3n) is 5.07. The minimum atomic E-state index is -1.48. The molecule has 5 N–H and O–H groups in total. The van der Waals surface area contributed by atoms with Crippen LogP contribution in [0.2, 0.25) is 0 Å². The number of ether oxygens (including phenoxy) is 1. The van der Waals surface area contributed by atoms with Crippen molar-refractivity contribution in [2.24, 2.45) is 0 Å². The molecular weight excluding hydrogens is 424 g/mol. The Morgan fingerprint density at radius 2 is 1.97 bits per heavy atom. The Kier molecular flexibility index (Phi) is 6.23. The second-order valence-corrected chi connectivity index (χ2v) is 8.38. The highest BCUT2D eigenvalue weighted by Crippen LogP contribution is 2.36. The number of aryl methyl sites for hydroxylation is 1. The first-order valence-corrected chi connectivity index (χ1v) is 10.5. The van der Waals surface area contributed by atoms with E-state index >= 15 is 0 Å². The summed E-state index contributed by atoms with van der Waals surface area (Å²) in [5, 5.41) is 42.8. The Labute approximate surface area is 181 Å². The van der Waals surface area contributed by atoms with Crippen LogP contribution in [0.1, 0.15) is 32.9 Å². The van der Waals surface area contributed by atoms with Gasteiger partial charge in [0.15, 0.2) is 0 Å². The molecule has 3 heterocycles. The van der Waals surface area contributed by atoms with E-state index in [1.165, 1.54) is 11.3 Å². The smallest absolute Gasteiger partial charge is 0.251 e. The van der Waals surface area contributed by atoms with Gasteiger partial charge in [0.2, 0.25) is 0 Å². The number of hydrogen-bond acceptors (Lipinski definition) is 10. The monoisotopic (exact) mass is 446 g/mol. The molecule has 0 spiro atoms. The van der Waals surface area contributed by atoms with Gasteiger partial charge in [-0.2, -0.15) is 0 Å². The lowest BCUT2D eigenvalue weighted by atomic mass is 9.95. The van der Waals surface area contributed by atoms with E-state index in [9.17, 15) is 25.2 Å². The predicted octanol–water partition coefficient (Wildman–Crippen LogP) is -0.160. The first-order valence-electron chi connectivity index (χ1n) is 9.64. The van der Waals surface area contributed by atoms with Gasteiger partial charge in [0.25, 0.3) is 5.91 Å². The van der Waals surface area contributed by atoms with Crippen LogP contribution in [0.25, 0.3) is 10.2 Å². The molecular formula is C20H22N4O6S. The molecule has 2 aromatic heterocycles. The summed E-state index contributed by atoms with van der Waals surface area (Å²) in [7, 11) is 0. The van der Waals surface area contributed by atoms with Crippen molar-refractivity contribution in [3.8, 4) is 0 Å². The molecule has 3 aromatic rings. The van der Waals surface area contributed by atoms with E-state index < -0.39 is 37.1 Å². The van der Waals surface area contributed by atoms with Gasteiger partial charge in [0.05, 0.1) is 41.0 Å². The number of benzene rings is 1. The van der Waals surface area contributed by atoms with E-state index in [0.717, 1.165) is 10.4 Å². The zero-order valence-corrected chi connectivity index (χ0v) is 17.4. The van der Waals surface area contributed by atoms with E-state index in [-0.39, 0.29) is 12.5 Å². The van der Waals surface area contributed by atoms with Crippen LogP contribution in [0.15, 0.2) is 30.6 Å². The normalized spacial score (nSPS) is 26.2. The van der Waals surface area contributed by atoms with Crippen molar-refractivity contribution in [3.63, 3.8) is 0 Å². The molecule has 1 aliphatic heterocycles. The molecule has 0 saturated carbocycles. The minimum absolute atomic E-state index is 0.233. The average Bonchev–Trinajstić information content (AvgIpc) is 3.20. The highest BCUT2D eigenvalue weighted by atomic mass is 32.1. The number of hydrogen-bond donors (Lipinski definition) is 5. The van der Waals surface area contributed by atoms with Crippen molar-refractivity contribution >= 4 is 27.5 Å². The molecule has 1 aliphatic rings. The first kappa shape index (κ1) is 21.7. The zero-order valence-electron chi connectivity index (χ0n) is 16.5. The SMILES string of the molecule is Cc1cnc(CNC(=O)c2ccc3sc([C@@H]4O[C@H](CO)[C@H](O)[C@H](O)[C@H]4O)nc3c2)cn1. The largest absolute Gasteiger partial charge is 0.394 e. The molecule has 1 saturated heterocycles. The number of carbonyl (C=O) groups is 1.